The fourth-order valence-electron chi connectivity index (χ4n) is 1.92. The molecule has 0 aliphatic rings. The average molecular weight is 317 g/mol. The topological polar surface area (TPSA) is 79.5 Å². The number of rotatable bonds is 4. The first-order chi connectivity index (χ1) is 11.1. The number of para-hydroxylation sites is 1. The SMILES string of the molecule is COc1ccccc1CC(=O)NNC(=O)Nc1cccc(F)c1. The maximum absolute atomic E-state index is 13.0. The Bertz CT molecular complexity index is 706. The van der Waals surface area contributed by atoms with Gasteiger partial charge in [0.2, 0.25) is 5.91 Å². The van der Waals surface area contributed by atoms with E-state index in [1.54, 1.807) is 24.3 Å². The Morgan fingerprint density at radius 3 is 2.61 bits per heavy atom. The van der Waals surface area contributed by atoms with Gasteiger partial charge in [0, 0.05) is 11.3 Å². The van der Waals surface area contributed by atoms with E-state index >= 15 is 0 Å². The number of carbonyl (C=O) groups excluding carboxylic acids is 2. The minimum absolute atomic E-state index is 0.0459. The molecule has 0 heterocycles. The summed E-state index contributed by atoms with van der Waals surface area (Å²) in [5.41, 5.74) is 5.44. The lowest BCUT2D eigenvalue weighted by Gasteiger charge is -2.10. The zero-order valence-electron chi connectivity index (χ0n) is 12.4. The van der Waals surface area contributed by atoms with E-state index in [1.165, 1.54) is 25.3 Å². The molecule has 120 valence electrons. The first-order valence-electron chi connectivity index (χ1n) is 6.82. The number of hydrogen-bond donors (Lipinski definition) is 3. The molecule has 23 heavy (non-hydrogen) atoms. The van der Waals surface area contributed by atoms with Crippen LogP contribution in [0.1, 0.15) is 5.56 Å². The van der Waals surface area contributed by atoms with Crippen molar-refractivity contribution in [2.75, 3.05) is 12.4 Å². The molecule has 0 fully saturated rings. The highest BCUT2D eigenvalue weighted by Crippen LogP contribution is 2.17. The zero-order valence-corrected chi connectivity index (χ0v) is 12.4. The number of halogens is 1. The van der Waals surface area contributed by atoms with Gasteiger partial charge >= 0.3 is 6.03 Å². The van der Waals surface area contributed by atoms with Gasteiger partial charge in [-0.05, 0) is 24.3 Å². The summed E-state index contributed by atoms with van der Waals surface area (Å²) in [5.74, 6) is -0.293. The van der Waals surface area contributed by atoms with Gasteiger partial charge in [0.25, 0.3) is 0 Å². The third kappa shape index (κ3) is 4.99. The molecule has 0 spiro atoms. The Balaban J connectivity index is 1.83. The number of benzene rings is 2. The first kappa shape index (κ1) is 16.3. The lowest BCUT2D eigenvalue weighted by atomic mass is 10.1. The molecular weight excluding hydrogens is 301 g/mol. The Morgan fingerprint density at radius 1 is 1.09 bits per heavy atom. The second-order valence-corrected chi connectivity index (χ2v) is 4.63. The molecule has 3 N–H and O–H groups in total. The smallest absolute Gasteiger partial charge is 0.337 e. The quantitative estimate of drug-likeness (QED) is 0.757. The molecular formula is C16H16FN3O3. The molecule has 0 aromatic heterocycles. The van der Waals surface area contributed by atoms with Gasteiger partial charge in [-0.1, -0.05) is 24.3 Å². The van der Waals surface area contributed by atoms with Crippen LogP contribution in [0.15, 0.2) is 48.5 Å². The summed E-state index contributed by atoms with van der Waals surface area (Å²) in [6.45, 7) is 0. The fraction of sp³-hybridized carbons (Fsp3) is 0.125. The minimum Gasteiger partial charge on any atom is -0.496 e. The van der Waals surface area contributed by atoms with Crippen LogP contribution in [0, 0.1) is 5.82 Å². The monoisotopic (exact) mass is 317 g/mol. The molecule has 3 amide bonds. The van der Waals surface area contributed by atoms with Crippen molar-refractivity contribution < 1.29 is 18.7 Å². The number of carbonyl (C=O) groups is 2. The summed E-state index contributed by atoms with van der Waals surface area (Å²) in [7, 11) is 1.52. The van der Waals surface area contributed by atoms with Crippen LogP contribution in [0.25, 0.3) is 0 Å². The molecule has 2 aromatic rings. The molecule has 0 unspecified atom stereocenters. The first-order valence-corrected chi connectivity index (χ1v) is 6.82. The largest absolute Gasteiger partial charge is 0.496 e. The van der Waals surface area contributed by atoms with Crippen LogP contribution >= 0.6 is 0 Å². The highest BCUT2D eigenvalue weighted by molar-refractivity contribution is 5.91. The molecule has 2 rings (SSSR count). The predicted octanol–water partition coefficient (Wildman–Crippen LogP) is 2.23. The van der Waals surface area contributed by atoms with Crippen molar-refractivity contribution in [3.63, 3.8) is 0 Å². The number of anilines is 1. The number of ether oxygens (including phenoxy) is 1. The van der Waals surface area contributed by atoms with Crippen molar-refractivity contribution in [1.29, 1.82) is 0 Å². The fourth-order valence-corrected chi connectivity index (χ4v) is 1.92. The maximum Gasteiger partial charge on any atom is 0.337 e. The van der Waals surface area contributed by atoms with Crippen LogP contribution in [0.3, 0.4) is 0 Å². The van der Waals surface area contributed by atoms with E-state index in [1.807, 2.05) is 0 Å². The van der Waals surface area contributed by atoms with Crippen LogP contribution in [-0.4, -0.2) is 19.0 Å². The number of methoxy groups -OCH3 is 1. The van der Waals surface area contributed by atoms with E-state index in [0.29, 0.717) is 11.3 Å². The Kier molecular flexibility index (Phi) is 5.51. The summed E-state index contributed by atoms with van der Waals surface area (Å²) in [6.07, 6.45) is 0.0459. The lowest BCUT2D eigenvalue weighted by Crippen LogP contribution is -2.44. The van der Waals surface area contributed by atoms with Crippen LogP contribution in [-0.2, 0) is 11.2 Å². The van der Waals surface area contributed by atoms with Crippen molar-refractivity contribution in [1.82, 2.24) is 10.9 Å². The van der Waals surface area contributed by atoms with Crippen LogP contribution in [0.2, 0.25) is 0 Å². The number of nitrogens with one attached hydrogen (secondary N) is 3. The Morgan fingerprint density at radius 2 is 1.87 bits per heavy atom. The summed E-state index contributed by atoms with van der Waals surface area (Å²) in [6, 6.07) is 11.8. The molecule has 6 nitrogen and oxygen atoms in total. The van der Waals surface area contributed by atoms with Gasteiger partial charge in [-0.25, -0.2) is 14.6 Å². The summed E-state index contributed by atoms with van der Waals surface area (Å²) in [4.78, 5) is 23.4. The summed E-state index contributed by atoms with van der Waals surface area (Å²) in [5, 5.41) is 2.40. The van der Waals surface area contributed by atoms with Gasteiger partial charge < -0.3 is 10.1 Å². The number of hydrazine groups is 1. The third-order valence-electron chi connectivity index (χ3n) is 2.94. The van der Waals surface area contributed by atoms with Gasteiger partial charge in [0.15, 0.2) is 0 Å². The lowest BCUT2D eigenvalue weighted by molar-refractivity contribution is -0.121. The predicted molar refractivity (Wildman–Crippen MR) is 83.4 cm³/mol. The highest BCUT2D eigenvalue weighted by atomic mass is 19.1. The van der Waals surface area contributed by atoms with Gasteiger partial charge in [-0.15, -0.1) is 0 Å². The second-order valence-electron chi connectivity index (χ2n) is 4.63. The van der Waals surface area contributed by atoms with E-state index in [-0.39, 0.29) is 12.1 Å². The molecule has 0 aliphatic carbocycles. The molecule has 0 saturated carbocycles. The number of hydrogen-bond acceptors (Lipinski definition) is 3. The van der Waals surface area contributed by atoms with E-state index in [2.05, 4.69) is 16.2 Å². The van der Waals surface area contributed by atoms with Crippen molar-refractivity contribution in [3.05, 3.63) is 59.9 Å². The molecule has 7 heteroatoms. The van der Waals surface area contributed by atoms with Crippen molar-refractivity contribution in [2.45, 2.75) is 6.42 Å². The van der Waals surface area contributed by atoms with Crippen LogP contribution in [0.4, 0.5) is 14.9 Å². The van der Waals surface area contributed by atoms with Gasteiger partial charge in [-0.2, -0.15) is 0 Å². The van der Waals surface area contributed by atoms with Gasteiger partial charge in [0.1, 0.15) is 11.6 Å². The van der Waals surface area contributed by atoms with E-state index in [0.717, 1.165) is 6.07 Å². The summed E-state index contributed by atoms with van der Waals surface area (Å²) < 4.78 is 18.1. The Labute approximate surface area is 132 Å². The molecule has 0 aliphatic heterocycles. The van der Waals surface area contributed by atoms with E-state index in [9.17, 15) is 14.0 Å². The highest BCUT2D eigenvalue weighted by Gasteiger charge is 2.09. The van der Waals surface area contributed by atoms with Crippen molar-refractivity contribution in [3.8, 4) is 5.75 Å². The van der Waals surface area contributed by atoms with E-state index in [4.69, 9.17) is 4.74 Å². The van der Waals surface area contributed by atoms with E-state index < -0.39 is 17.8 Å². The molecule has 0 bridgehead atoms. The third-order valence-corrected chi connectivity index (χ3v) is 2.94. The molecule has 0 radical (unpaired) electrons. The van der Waals surface area contributed by atoms with Crippen LogP contribution in [0.5, 0.6) is 5.75 Å². The maximum atomic E-state index is 13.0. The molecule has 0 atom stereocenters. The molecule has 0 saturated heterocycles. The molecule has 2 aromatic carbocycles. The zero-order chi connectivity index (χ0) is 16.7. The Hall–Kier alpha value is -3.09. The standard InChI is InChI=1S/C16H16FN3O3/c1-23-14-8-3-2-5-11(14)9-15(21)19-20-16(22)18-13-7-4-6-12(17)10-13/h2-8,10H,9H2,1H3,(H,19,21)(H2,18,20,22). The van der Waals surface area contributed by atoms with Crippen molar-refractivity contribution in [2.24, 2.45) is 0 Å². The van der Waals surface area contributed by atoms with Crippen molar-refractivity contribution >= 4 is 17.6 Å². The van der Waals surface area contributed by atoms with Gasteiger partial charge in [-0.3, -0.25) is 10.2 Å². The van der Waals surface area contributed by atoms with Crippen LogP contribution < -0.4 is 20.9 Å². The second kappa shape index (κ2) is 7.79. The number of urea groups is 1. The normalized spacial score (nSPS) is 9.83. The minimum atomic E-state index is -0.677. The summed E-state index contributed by atoms with van der Waals surface area (Å²) >= 11 is 0. The number of amides is 3. The van der Waals surface area contributed by atoms with Gasteiger partial charge in [0.05, 0.1) is 13.5 Å². The average Bonchev–Trinajstić information content (AvgIpc) is 2.53.